The van der Waals surface area contributed by atoms with Crippen molar-refractivity contribution in [1.29, 1.82) is 0 Å². The van der Waals surface area contributed by atoms with Crippen LogP contribution in [0.25, 0.3) is 0 Å². The molecule has 1 unspecified atom stereocenters. The summed E-state index contributed by atoms with van der Waals surface area (Å²) in [6, 6.07) is 0.410. The van der Waals surface area contributed by atoms with Crippen LogP contribution >= 0.6 is 0 Å². The molecule has 0 bridgehead atoms. The molecule has 15 heavy (non-hydrogen) atoms. The Labute approximate surface area is 93.0 Å². The van der Waals surface area contributed by atoms with E-state index >= 15 is 0 Å². The number of methoxy groups -OCH3 is 1. The van der Waals surface area contributed by atoms with E-state index in [2.05, 4.69) is 24.1 Å². The Morgan fingerprint density at radius 1 is 1.53 bits per heavy atom. The molecular formula is C11H24N2O2. The van der Waals surface area contributed by atoms with Gasteiger partial charge in [-0.15, -0.1) is 0 Å². The fraction of sp³-hybridized carbons (Fsp3) is 0.909. The molecule has 0 saturated carbocycles. The van der Waals surface area contributed by atoms with Crippen molar-refractivity contribution >= 4 is 5.97 Å². The van der Waals surface area contributed by atoms with E-state index in [1.807, 2.05) is 20.9 Å². The van der Waals surface area contributed by atoms with Gasteiger partial charge in [-0.2, -0.15) is 0 Å². The third kappa shape index (κ3) is 4.18. The van der Waals surface area contributed by atoms with Crippen LogP contribution in [0.3, 0.4) is 0 Å². The molecule has 0 aliphatic rings. The Hall–Kier alpha value is -0.610. The predicted molar refractivity (Wildman–Crippen MR) is 61.9 cm³/mol. The van der Waals surface area contributed by atoms with Crippen molar-refractivity contribution in [2.75, 3.05) is 27.2 Å². The van der Waals surface area contributed by atoms with Crippen molar-refractivity contribution in [2.45, 2.75) is 39.3 Å². The summed E-state index contributed by atoms with van der Waals surface area (Å²) < 4.78 is 4.82. The fourth-order valence-corrected chi connectivity index (χ4v) is 1.49. The van der Waals surface area contributed by atoms with Gasteiger partial charge in [-0.05, 0) is 34.4 Å². The van der Waals surface area contributed by atoms with Crippen molar-refractivity contribution in [3.8, 4) is 0 Å². The topological polar surface area (TPSA) is 41.6 Å². The molecule has 0 saturated heterocycles. The first-order valence-electron chi connectivity index (χ1n) is 5.41. The lowest BCUT2D eigenvalue weighted by Gasteiger charge is -2.33. The van der Waals surface area contributed by atoms with Crippen LogP contribution in [-0.2, 0) is 9.53 Å². The summed E-state index contributed by atoms with van der Waals surface area (Å²) in [7, 11) is 3.43. The van der Waals surface area contributed by atoms with Gasteiger partial charge in [0.15, 0.2) is 0 Å². The minimum Gasteiger partial charge on any atom is -0.468 e. The van der Waals surface area contributed by atoms with Crippen LogP contribution in [-0.4, -0.2) is 49.7 Å². The van der Waals surface area contributed by atoms with Gasteiger partial charge in [0, 0.05) is 12.6 Å². The standard InChI is InChI=1S/C11H24N2O2/c1-7-12-11(4,10(14)15-6)8-13(5)9(2)3/h9,12H,7-8H2,1-6H3. The molecule has 0 aromatic rings. The van der Waals surface area contributed by atoms with Crippen LogP contribution in [0.1, 0.15) is 27.7 Å². The number of nitrogens with one attached hydrogen (secondary N) is 1. The average Bonchev–Trinajstić information content (AvgIpc) is 2.16. The van der Waals surface area contributed by atoms with E-state index in [9.17, 15) is 4.79 Å². The highest BCUT2D eigenvalue weighted by Gasteiger charge is 2.34. The molecule has 4 heteroatoms. The molecule has 0 aromatic carbocycles. The van der Waals surface area contributed by atoms with E-state index in [-0.39, 0.29) is 5.97 Å². The average molecular weight is 216 g/mol. The van der Waals surface area contributed by atoms with Crippen molar-refractivity contribution in [3.63, 3.8) is 0 Å². The maximum absolute atomic E-state index is 11.7. The summed E-state index contributed by atoms with van der Waals surface area (Å²) in [4.78, 5) is 13.8. The summed E-state index contributed by atoms with van der Waals surface area (Å²) in [5, 5.41) is 3.18. The highest BCUT2D eigenvalue weighted by molar-refractivity contribution is 5.80. The van der Waals surface area contributed by atoms with Gasteiger partial charge in [-0.1, -0.05) is 6.92 Å². The maximum Gasteiger partial charge on any atom is 0.327 e. The van der Waals surface area contributed by atoms with Crippen molar-refractivity contribution in [3.05, 3.63) is 0 Å². The molecule has 4 nitrogen and oxygen atoms in total. The summed E-state index contributed by atoms with van der Waals surface area (Å²) >= 11 is 0. The SMILES string of the molecule is CCNC(C)(CN(C)C(C)C)C(=O)OC. The van der Waals surface area contributed by atoms with E-state index in [1.165, 1.54) is 7.11 Å². The van der Waals surface area contributed by atoms with Crippen LogP contribution in [0, 0.1) is 0 Å². The first-order chi connectivity index (χ1) is 6.87. The third-order valence-electron chi connectivity index (χ3n) is 2.65. The zero-order valence-corrected chi connectivity index (χ0v) is 10.8. The van der Waals surface area contributed by atoms with E-state index in [4.69, 9.17) is 4.74 Å². The molecule has 0 heterocycles. The van der Waals surface area contributed by atoms with Crippen LogP contribution in [0.15, 0.2) is 0 Å². The lowest BCUT2D eigenvalue weighted by atomic mass is 10.0. The number of hydrogen-bond acceptors (Lipinski definition) is 4. The van der Waals surface area contributed by atoms with Crippen LogP contribution < -0.4 is 5.32 Å². The normalized spacial score (nSPS) is 15.5. The molecule has 0 spiro atoms. The Bertz CT molecular complexity index is 207. The van der Waals surface area contributed by atoms with Crippen molar-refractivity contribution in [1.82, 2.24) is 10.2 Å². The highest BCUT2D eigenvalue weighted by Crippen LogP contribution is 2.10. The quantitative estimate of drug-likeness (QED) is 0.669. The van der Waals surface area contributed by atoms with Gasteiger partial charge in [0.2, 0.25) is 0 Å². The lowest BCUT2D eigenvalue weighted by molar-refractivity contribution is -0.148. The first-order valence-corrected chi connectivity index (χ1v) is 5.41. The predicted octanol–water partition coefficient (Wildman–Crippen LogP) is 0.868. The maximum atomic E-state index is 11.7. The van der Waals surface area contributed by atoms with Gasteiger partial charge in [0.25, 0.3) is 0 Å². The lowest BCUT2D eigenvalue weighted by Crippen LogP contribution is -2.57. The van der Waals surface area contributed by atoms with Crippen LogP contribution in [0.4, 0.5) is 0 Å². The number of hydrogen-bond donors (Lipinski definition) is 1. The van der Waals surface area contributed by atoms with E-state index in [0.29, 0.717) is 12.6 Å². The number of ether oxygens (including phenoxy) is 1. The van der Waals surface area contributed by atoms with Gasteiger partial charge in [-0.25, -0.2) is 0 Å². The number of esters is 1. The molecule has 0 radical (unpaired) electrons. The second-order valence-corrected chi connectivity index (χ2v) is 4.36. The van der Waals surface area contributed by atoms with Gasteiger partial charge in [0.1, 0.15) is 5.54 Å². The molecule has 0 fully saturated rings. The Kier molecular flexibility index (Phi) is 5.83. The Balaban J connectivity index is 4.57. The molecule has 0 aliphatic heterocycles. The highest BCUT2D eigenvalue weighted by atomic mass is 16.5. The number of likely N-dealkylation sites (N-methyl/N-ethyl adjacent to an activating group) is 2. The molecular weight excluding hydrogens is 192 g/mol. The van der Waals surface area contributed by atoms with Gasteiger partial charge in [0.05, 0.1) is 7.11 Å². The minimum atomic E-state index is -0.622. The molecule has 0 rings (SSSR count). The molecule has 0 amide bonds. The summed E-state index contributed by atoms with van der Waals surface area (Å²) in [5.41, 5.74) is -0.622. The Morgan fingerprint density at radius 3 is 2.40 bits per heavy atom. The summed E-state index contributed by atoms with van der Waals surface area (Å²) in [5.74, 6) is -0.211. The van der Waals surface area contributed by atoms with E-state index in [1.54, 1.807) is 0 Å². The van der Waals surface area contributed by atoms with Crippen LogP contribution in [0.5, 0.6) is 0 Å². The molecule has 0 aromatic heterocycles. The van der Waals surface area contributed by atoms with Crippen molar-refractivity contribution < 1.29 is 9.53 Å². The largest absolute Gasteiger partial charge is 0.468 e. The Morgan fingerprint density at radius 2 is 2.07 bits per heavy atom. The number of carbonyl (C=O) groups is 1. The number of carbonyl (C=O) groups excluding carboxylic acids is 1. The van der Waals surface area contributed by atoms with Gasteiger partial charge >= 0.3 is 5.97 Å². The molecule has 0 aliphatic carbocycles. The minimum absolute atomic E-state index is 0.211. The van der Waals surface area contributed by atoms with Crippen LogP contribution in [0.2, 0.25) is 0 Å². The number of rotatable bonds is 6. The van der Waals surface area contributed by atoms with E-state index < -0.39 is 5.54 Å². The van der Waals surface area contributed by atoms with Gasteiger partial charge in [-0.3, -0.25) is 4.79 Å². The van der Waals surface area contributed by atoms with Gasteiger partial charge < -0.3 is 15.0 Å². The first kappa shape index (κ1) is 14.4. The summed E-state index contributed by atoms with van der Waals surface area (Å²) in [6.45, 7) is 9.45. The third-order valence-corrected chi connectivity index (χ3v) is 2.65. The molecule has 1 atom stereocenters. The second-order valence-electron chi connectivity index (χ2n) is 4.36. The zero-order chi connectivity index (χ0) is 12.1. The number of nitrogens with zero attached hydrogens (tertiary/aromatic N) is 1. The fourth-order valence-electron chi connectivity index (χ4n) is 1.49. The molecule has 90 valence electrons. The smallest absolute Gasteiger partial charge is 0.327 e. The van der Waals surface area contributed by atoms with E-state index in [0.717, 1.165) is 6.54 Å². The second kappa shape index (κ2) is 6.08. The molecule has 1 N–H and O–H groups in total. The summed E-state index contributed by atoms with van der Waals surface area (Å²) in [6.07, 6.45) is 0. The zero-order valence-electron chi connectivity index (χ0n) is 10.8. The van der Waals surface area contributed by atoms with Crippen molar-refractivity contribution in [2.24, 2.45) is 0 Å². The monoisotopic (exact) mass is 216 g/mol.